The van der Waals surface area contributed by atoms with Gasteiger partial charge in [0.25, 0.3) is 0 Å². The molecule has 2 aromatic rings. The molecule has 1 heterocycles. The average molecular weight is 261 g/mol. The number of halogens is 1. The summed E-state index contributed by atoms with van der Waals surface area (Å²) in [6.07, 6.45) is 1.68. The fourth-order valence-corrected chi connectivity index (χ4v) is 1.87. The Labute approximate surface area is 111 Å². The third-order valence-electron chi connectivity index (χ3n) is 2.77. The summed E-state index contributed by atoms with van der Waals surface area (Å²) in [4.78, 5) is 10.3. The Bertz CT molecular complexity index is 573. The predicted molar refractivity (Wildman–Crippen MR) is 73.7 cm³/mol. The van der Waals surface area contributed by atoms with Gasteiger partial charge in [-0.1, -0.05) is 6.07 Å². The number of aryl methyl sites for hydroxylation is 1. The van der Waals surface area contributed by atoms with E-state index >= 15 is 0 Å². The van der Waals surface area contributed by atoms with Crippen LogP contribution in [0.3, 0.4) is 0 Å². The van der Waals surface area contributed by atoms with Crippen LogP contribution in [0.25, 0.3) is 0 Å². The monoisotopic (exact) mass is 261 g/mol. The molecule has 0 amide bonds. The number of nitrogen functional groups attached to an aromatic ring is 1. The maximum atomic E-state index is 13.3. The van der Waals surface area contributed by atoms with Crippen molar-refractivity contribution in [3.63, 3.8) is 0 Å². The van der Waals surface area contributed by atoms with Gasteiger partial charge in [0.15, 0.2) is 0 Å². The first-order valence-corrected chi connectivity index (χ1v) is 5.99. The second kappa shape index (κ2) is 5.62. The van der Waals surface area contributed by atoms with Gasteiger partial charge in [-0.2, -0.15) is 4.98 Å². The zero-order valence-electron chi connectivity index (χ0n) is 10.9. The topological polar surface area (TPSA) is 67.1 Å². The number of hydrogen-bond donors (Lipinski definition) is 2. The molecule has 0 saturated carbocycles. The van der Waals surface area contributed by atoms with E-state index in [4.69, 9.17) is 5.84 Å². The maximum Gasteiger partial charge on any atom is 0.239 e. The van der Waals surface area contributed by atoms with Gasteiger partial charge in [0.05, 0.1) is 0 Å². The van der Waals surface area contributed by atoms with Gasteiger partial charge in [-0.15, -0.1) is 0 Å². The Morgan fingerprint density at radius 2 is 2.21 bits per heavy atom. The van der Waals surface area contributed by atoms with Crippen molar-refractivity contribution in [3.8, 4) is 0 Å². The van der Waals surface area contributed by atoms with E-state index < -0.39 is 0 Å². The van der Waals surface area contributed by atoms with Crippen molar-refractivity contribution in [2.75, 3.05) is 16.9 Å². The summed E-state index contributed by atoms with van der Waals surface area (Å²) in [7, 11) is 0. The minimum absolute atomic E-state index is 0.278. The normalized spacial score (nSPS) is 10.3. The molecule has 19 heavy (non-hydrogen) atoms. The number of rotatable bonds is 4. The number of hydrogen-bond acceptors (Lipinski definition) is 5. The van der Waals surface area contributed by atoms with Crippen LogP contribution in [0, 0.1) is 12.7 Å². The standard InChI is InChI=1S/C13H16FN5/c1-3-19(11-6-4-5-10(14)7-11)12-9(2)8-16-13(17-12)18-15/h4-8H,3,15H2,1-2H3,(H,16,17,18). The molecule has 0 atom stereocenters. The third kappa shape index (κ3) is 2.79. The van der Waals surface area contributed by atoms with E-state index in [2.05, 4.69) is 15.4 Å². The number of aromatic nitrogens is 2. The summed E-state index contributed by atoms with van der Waals surface area (Å²) in [5.41, 5.74) is 4.05. The molecule has 0 saturated heterocycles. The number of nitrogens with zero attached hydrogens (tertiary/aromatic N) is 3. The quantitative estimate of drug-likeness (QED) is 0.653. The molecular formula is C13H16FN5. The van der Waals surface area contributed by atoms with Gasteiger partial charge in [-0.3, -0.25) is 5.43 Å². The third-order valence-corrected chi connectivity index (χ3v) is 2.77. The van der Waals surface area contributed by atoms with E-state index in [0.717, 1.165) is 11.3 Å². The Balaban J connectivity index is 2.47. The Morgan fingerprint density at radius 1 is 1.42 bits per heavy atom. The first kappa shape index (κ1) is 13.2. The second-order valence-corrected chi connectivity index (χ2v) is 4.07. The number of nitrogens with two attached hydrogens (primary N) is 1. The summed E-state index contributed by atoms with van der Waals surface area (Å²) in [6, 6.07) is 6.40. The van der Waals surface area contributed by atoms with E-state index in [-0.39, 0.29) is 5.82 Å². The summed E-state index contributed by atoms with van der Waals surface area (Å²) in [6.45, 7) is 4.53. The molecule has 0 fully saturated rings. The fourth-order valence-electron chi connectivity index (χ4n) is 1.87. The van der Waals surface area contributed by atoms with Gasteiger partial charge in [0.1, 0.15) is 11.6 Å². The van der Waals surface area contributed by atoms with Crippen LogP contribution in [0.5, 0.6) is 0 Å². The highest BCUT2D eigenvalue weighted by Gasteiger charge is 2.13. The molecule has 6 heteroatoms. The zero-order chi connectivity index (χ0) is 13.8. The fraction of sp³-hybridized carbons (Fsp3) is 0.231. The summed E-state index contributed by atoms with van der Waals surface area (Å²) < 4.78 is 13.3. The van der Waals surface area contributed by atoms with E-state index in [1.807, 2.05) is 24.8 Å². The molecule has 100 valence electrons. The van der Waals surface area contributed by atoms with Crippen LogP contribution >= 0.6 is 0 Å². The van der Waals surface area contributed by atoms with Crippen molar-refractivity contribution < 1.29 is 4.39 Å². The van der Waals surface area contributed by atoms with Crippen molar-refractivity contribution in [1.29, 1.82) is 0 Å². The average Bonchev–Trinajstić information content (AvgIpc) is 2.42. The van der Waals surface area contributed by atoms with Gasteiger partial charge >= 0.3 is 0 Å². The molecule has 0 unspecified atom stereocenters. The van der Waals surface area contributed by atoms with Crippen LogP contribution in [0.15, 0.2) is 30.5 Å². The second-order valence-electron chi connectivity index (χ2n) is 4.07. The first-order chi connectivity index (χ1) is 9.15. The molecule has 0 radical (unpaired) electrons. The van der Waals surface area contributed by atoms with Gasteiger partial charge in [-0.25, -0.2) is 15.2 Å². The molecule has 2 rings (SSSR count). The largest absolute Gasteiger partial charge is 0.326 e. The lowest BCUT2D eigenvalue weighted by atomic mass is 10.2. The predicted octanol–water partition coefficient (Wildman–Crippen LogP) is 2.37. The highest BCUT2D eigenvalue weighted by atomic mass is 19.1. The lowest BCUT2D eigenvalue weighted by molar-refractivity contribution is 0.627. The Hall–Kier alpha value is -2.21. The van der Waals surface area contributed by atoms with Gasteiger partial charge in [0, 0.05) is 24.0 Å². The molecule has 1 aromatic heterocycles. The highest BCUT2D eigenvalue weighted by molar-refractivity contribution is 5.63. The van der Waals surface area contributed by atoms with Crippen LogP contribution < -0.4 is 16.2 Å². The van der Waals surface area contributed by atoms with Gasteiger partial charge in [0.2, 0.25) is 5.95 Å². The SMILES string of the molecule is CCN(c1cccc(F)c1)c1nc(NN)ncc1C. The van der Waals surface area contributed by atoms with Crippen LogP contribution in [0.4, 0.5) is 21.8 Å². The van der Waals surface area contributed by atoms with Crippen molar-refractivity contribution in [1.82, 2.24) is 9.97 Å². The van der Waals surface area contributed by atoms with Crippen molar-refractivity contribution in [2.24, 2.45) is 5.84 Å². The summed E-state index contributed by atoms with van der Waals surface area (Å²) in [5, 5.41) is 0. The smallest absolute Gasteiger partial charge is 0.239 e. The molecule has 0 aliphatic heterocycles. The number of benzene rings is 1. The van der Waals surface area contributed by atoms with Gasteiger partial charge in [-0.05, 0) is 32.0 Å². The van der Waals surface area contributed by atoms with E-state index in [1.54, 1.807) is 12.3 Å². The minimum Gasteiger partial charge on any atom is -0.326 e. The lowest BCUT2D eigenvalue weighted by Gasteiger charge is -2.24. The number of anilines is 3. The van der Waals surface area contributed by atoms with Crippen LogP contribution in [0.2, 0.25) is 0 Å². The molecule has 3 N–H and O–H groups in total. The van der Waals surface area contributed by atoms with Crippen molar-refractivity contribution >= 4 is 17.5 Å². The molecule has 0 aliphatic rings. The van der Waals surface area contributed by atoms with Crippen LogP contribution in [-0.2, 0) is 0 Å². The summed E-state index contributed by atoms with van der Waals surface area (Å²) >= 11 is 0. The number of nitrogens with one attached hydrogen (secondary N) is 1. The van der Waals surface area contributed by atoms with Crippen molar-refractivity contribution in [2.45, 2.75) is 13.8 Å². The molecule has 1 aromatic carbocycles. The highest BCUT2D eigenvalue weighted by Crippen LogP contribution is 2.26. The lowest BCUT2D eigenvalue weighted by Crippen LogP contribution is -2.20. The van der Waals surface area contributed by atoms with Crippen molar-refractivity contribution in [3.05, 3.63) is 41.8 Å². The van der Waals surface area contributed by atoms with E-state index in [9.17, 15) is 4.39 Å². The summed E-state index contributed by atoms with van der Waals surface area (Å²) in [5.74, 6) is 6.08. The van der Waals surface area contributed by atoms with E-state index in [1.165, 1.54) is 12.1 Å². The molecule has 0 bridgehead atoms. The minimum atomic E-state index is -0.278. The van der Waals surface area contributed by atoms with Gasteiger partial charge < -0.3 is 4.90 Å². The molecule has 0 spiro atoms. The molecule has 5 nitrogen and oxygen atoms in total. The first-order valence-electron chi connectivity index (χ1n) is 5.99. The van der Waals surface area contributed by atoms with E-state index in [0.29, 0.717) is 18.3 Å². The Morgan fingerprint density at radius 3 is 2.84 bits per heavy atom. The van der Waals surface area contributed by atoms with Crippen LogP contribution in [-0.4, -0.2) is 16.5 Å². The molecule has 0 aliphatic carbocycles. The van der Waals surface area contributed by atoms with Crippen LogP contribution in [0.1, 0.15) is 12.5 Å². The number of hydrazine groups is 1. The maximum absolute atomic E-state index is 13.3. The Kier molecular flexibility index (Phi) is 3.91. The molecular weight excluding hydrogens is 245 g/mol. The zero-order valence-corrected chi connectivity index (χ0v) is 10.9.